The van der Waals surface area contributed by atoms with Crippen molar-refractivity contribution in [3.63, 3.8) is 0 Å². The van der Waals surface area contributed by atoms with Gasteiger partial charge >= 0.3 is 0 Å². The first-order chi connectivity index (χ1) is 14.5. The number of halogens is 1. The highest BCUT2D eigenvalue weighted by Crippen LogP contribution is 2.24. The van der Waals surface area contributed by atoms with Gasteiger partial charge in [-0.1, -0.05) is 11.6 Å². The molecular weight excluding hydrogens is 402 g/mol. The SMILES string of the molecule is Cc1cn2cc(NC(=O)c3cnc(N4CCC(CNC5CC5)C4)cn3)cc(Cl)c2n1. The molecule has 1 aliphatic heterocycles. The van der Waals surface area contributed by atoms with E-state index in [9.17, 15) is 4.79 Å². The van der Waals surface area contributed by atoms with E-state index in [0.717, 1.165) is 43.6 Å². The Bertz CT molecular complexity index is 1080. The van der Waals surface area contributed by atoms with Crippen molar-refractivity contribution in [1.82, 2.24) is 24.7 Å². The highest BCUT2D eigenvalue weighted by Gasteiger charge is 2.27. The summed E-state index contributed by atoms with van der Waals surface area (Å²) in [6, 6.07) is 2.42. The molecule has 2 fully saturated rings. The summed E-state index contributed by atoms with van der Waals surface area (Å²) in [5.41, 5.74) is 2.36. The molecule has 3 aromatic rings. The average Bonchev–Trinajstić information content (AvgIpc) is 3.30. The van der Waals surface area contributed by atoms with Gasteiger partial charge in [-0.2, -0.15) is 0 Å². The monoisotopic (exact) mass is 425 g/mol. The standard InChI is InChI=1S/C21H24ClN7O/c1-13-10-29-12-16(6-17(22)20(29)26-13)27-21(30)18-8-25-19(9-24-18)28-5-4-14(11-28)7-23-15-2-3-15/h6,8-10,12,14-15,23H,2-5,7,11H2,1H3,(H,27,30). The summed E-state index contributed by atoms with van der Waals surface area (Å²) in [6.45, 7) is 4.91. The van der Waals surface area contributed by atoms with Crippen molar-refractivity contribution in [1.29, 1.82) is 0 Å². The highest BCUT2D eigenvalue weighted by molar-refractivity contribution is 6.33. The van der Waals surface area contributed by atoms with Gasteiger partial charge in [0.1, 0.15) is 11.5 Å². The second kappa shape index (κ2) is 7.85. The molecule has 9 heteroatoms. The Morgan fingerprint density at radius 3 is 2.87 bits per heavy atom. The maximum Gasteiger partial charge on any atom is 0.275 e. The lowest BCUT2D eigenvalue weighted by molar-refractivity contribution is 0.102. The Morgan fingerprint density at radius 1 is 1.23 bits per heavy atom. The van der Waals surface area contributed by atoms with E-state index >= 15 is 0 Å². The molecule has 1 aliphatic carbocycles. The fourth-order valence-corrected chi connectivity index (χ4v) is 4.13. The number of carbonyl (C=O) groups excluding carboxylic acids is 1. The third-order valence-electron chi connectivity index (χ3n) is 5.64. The average molecular weight is 426 g/mol. The van der Waals surface area contributed by atoms with Gasteiger partial charge in [0.15, 0.2) is 5.65 Å². The van der Waals surface area contributed by atoms with Crippen molar-refractivity contribution in [3.05, 3.63) is 47.3 Å². The first-order valence-electron chi connectivity index (χ1n) is 10.3. The van der Waals surface area contributed by atoms with Crippen LogP contribution in [0.5, 0.6) is 0 Å². The van der Waals surface area contributed by atoms with E-state index in [1.165, 1.54) is 19.0 Å². The zero-order valence-corrected chi connectivity index (χ0v) is 17.6. The molecule has 0 bridgehead atoms. The number of nitrogens with zero attached hydrogens (tertiary/aromatic N) is 5. The van der Waals surface area contributed by atoms with Gasteiger partial charge in [-0.25, -0.2) is 15.0 Å². The van der Waals surface area contributed by atoms with Crippen molar-refractivity contribution in [2.24, 2.45) is 5.92 Å². The van der Waals surface area contributed by atoms with Gasteiger partial charge < -0.3 is 19.9 Å². The summed E-state index contributed by atoms with van der Waals surface area (Å²) in [5.74, 6) is 1.13. The molecule has 0 spiro atoms. The number of rotatable bonds is 6. The van der Waals surface area contributed by atoms with E-state index in [1.54, 1.807) is 22.9 Å². The second-order valence-corrected chi connectivity index (χ2v) is 8.59. The van der Waals surface area contributed by atoms with Crippen LogP contribution in [0, 0.1) is 12.8 Å². The molecule has 1 amide bonds. The molecule has 0 radical (unpaired) electrons. The zero-order chi connectivity index (χ0) is 20.7. The van der Waals surface area contributed by atoms with Crippen LogP contribution in [0.2, 0.25) is 5.02 Å². The predicted octanol–water partition coefficient (Wildman–Crippen LogP) is 2.92. The van der Waals surface area contributed by atoms with E-state index in [2.05, 4.69) is 30.5 Å². The minimum Gasteiger partial charge on any atom is -0.355 e. The molecule has 1 unspecified atom stereocenters. The molecule has 3 aromatic heterocycles. The Labute approximate surface area is 179 Å². The predicted molar refractivity (Wildman–Crippen MR) is 116 cm³/mol. The van der Waals surface area contributed by atoms with Crippen LogP contribution in [0.3, 0.4) is 0 Å². The molecule has 30 heavy (non-hydrogen) atoms. The molecule has 1 saturated carbocycles. The summed E-state index contributed by atoms with van der Waals surface area (Å²) in [4.78, 5) is 28.0. The Balaban J connectivity index is 1.22. The smallest absolute Gasteiger partial charge is 0.275 e. The van der Waals surface area contributed by atoms with Crippen molar-refractivity contribution in [2.75, 3.05) is 29.9 Å². The quantitative estimate of drug-likeness (QED) is 0.631. The van der Waals surface area contributed by atoms with Crippen LogP contribution in [0.15, 0.2) is 30.9 Å². The van der Waals surface area contributed by atoms with E-state index in [-0.39, 0.29) is 11.6 Å². The van der Waals surface area contributed by atoms with E-state index in [4.69, 9.17) is 11.6 Å². The number of hydrogen-bond donors (Lipinski definition) is 2. The zero-order valence-electron chi connectivity index (χ0n) is 16.8. The number of carbonyl (C=O) groups is 1. The molecule has 2 aliphatic rings. The number of aryl methyl sites for hydroxylation is 1. The Hall–Kier alpha value is -2.71. The minimum atomic E-state index is -0.325. The maximum atomic E-state index is 12.6. The number of fused-ring (bicyclic) bond motifs is 1. The van der Waals surface area contributed by atoms with E-state index in [0.29, 0.717) is 22.3 Å². The molecule has 1 saturated heterocycles. The summed E-state index contributed by atoms with van der Waals surface area (Å²) in [7, 11) is 0. The number of amides is 1. The lowest BCUT2D eigenvalue weighted by Gasteiger charge is -2.17. The topological polar surface area (TPSA) is 87.5 Å². The van der Waals surface area contributed by atoms with Crippen LogP contribution in [0.4, 0.5) is 11.5 Å². The molecular formula is C21H24ClN7O. The molecule has 0 aromatic carbocycles. The first-order valence-corrected chi connectivity index (χ1v) is 10.7. The number of aromatic nitrogens is 4. The molecule has 4 heterocycles. The van der Waals surface area contributed by atoms with Crippen LogP contribution in [0.1, 0.15) is 35.4 Å². The van der Waals surface area contributed by atoms with Gasteiger partial charge in [0, 0.05) is 31.5 Å². The van der Waals surface area contributed by atoms with Crippen LogP contribution in [-0.2, 0) is 0 Å². The van der Waals surface area contributed by atoms with Gasteiger partial charge in [-0.15, -0.1) is 0 Å². The molecule has 156 valence electrons. The molecule has 5 rings (SSSR count). The number of anilines is 2. The van der Waals surface area contributed by atoms with Gasteiger partial charge in [-0.3, -0.25) is 4.79 Å². The van der Waals surface area contributed by atoms with Crippen LogP contribution in [-0.4, -0.2) is 50.9 Å². The number of hydrogen-bond acceptors (Lipinski definition) is 6. The van der Waals surface area contributed by atoms with Crippen LogP contribution in [0.25, 0.3) is 5.65 Å². The second-order valence-electron chi connectivity index (χ2n) is 8.19. The Kier molecular flexibility index (Phi) is 5.04. The first kappa shape index (κ1) is 19.3. The fourth-order valence-electron chi connectivity index (χ4n) is 3.87. The van der Waals surface area contributed by atoms with E-state index in [1.807, 2.05) is 13.1 Å². The van der Waals surface area contributed by atoms with Crippen molar-refractivity contribution in [3.8, 4) is 0 Å². The number of pyridine rings is 1. The van der Waals surface area contributed by atoms with Gasteiger partial charge in [0.05, 0.1) is 28.8 Å². The number of nitrogens with one attached hydrogen (secondary N) is 2. The van der Waals surface area contributed by atoms with E-state index < -0.39 is 0 Å². The largest absolute Gasteiger partial charge is 0.355 e. The van der Waals surface area contributed by atoms with Crippen LogP contribution < -0.4 is 15.5 Å². The molecule has 8 nitrogen and oxygen atoms in total. The maximum absolute atomic E-state index is 12.6. The number of imidazole rings is 1. The fraction of sp³-hybridized carbons (Fsp3) is 0.429. The Morgan fingerprint density at radius 2 is 2.10 bits per heavy atom. The lowest BCUT2D eigenvalue weighted by Crippen LogP contribution is -2.28. The minimum absolute atomic E-state index is 0.267. The molecule has 2 N–H and O–H groups in total. The van der Waals surface area contributed by atoms with Crippen molar-refractivity contribution >= 4 is 34.7 Å². The normalized spacial score (nSPS) is 18.9. The lowest BCUT2D eigenvalue weighted by atomic mass is 10.1. The summed E-state index contributed by atoms with van der Waals surface area (Å²) >= 11 is 6.28. The van der Waals surface area contributed by atoms with Crippen LogP contribution >= 0.6 is 11.6 Å². The van der Waals surface area contributed by atoms with Crippen molar-refractivity contribution in [2.45, 2.75) is 32.2 Å². The van der Waals surface area contributed by atoms with Gasteiger partial charge in [0.25, 0.3) is 5.91 Å². The summed E-state index contributed by atoms with van der Waals surface area (Å²) in [5, 5.41) is 6.91. The summed E-state index contributed by atoms with van der Waals surface area (Å²) in [6.07, 6.45) is 10.6. The van der Waals surface area contributed by atoms with Crippen molar-refractivity contribution < 1.29 is 4.79 Å². The highest BCUT2D eigenvalue weighted by atomic mass is 35.5. The summed E-state index contributed by atoms with van der Waals surface area (Å²) < 4.78 is 1.80. The van der Waals surface area contributed by atoms with Gasteiger partial charge in [-0.05, 0) is 44.7 Å². The third kappa shape index (κ3) is 4.11. The molecule has 1 atom stereocenters. The third-order valence-corrected chi connectivity index (χ3v) is 5.92. The van der Waals surface area contributed by atoms with Gasteiger partial charge in [0.2, 0.25) is 0 Å².